The molecule has 0 saturated carbocycles. The SMILES string of the molecule is CCCCCCC/C=C\C/C=C\C/C=C\CCCCCCCCCCCCCCCCC(=O)NC(COC1OC(CO)C(OC2OC(CO)C(OC3OC(CO)C(O)C(O)C3O)C(O)C2O)C(O)C1O)C(O)/C=C/CC/C=C/CCCCCCC. The number of carbonyl (C=O) groups excluding carboxylic acids is 1. The fourth-order valence-electron chi connectivity index (χ4n) is 10.9. The summed E-state index contributed by atoms with van der Waals surface area (Å²) in [5, 5.41) is 120. The highest BCUT2D eigenvalue weighted by Crippen LogP contribution is 2.33. The number of aliphatic hydroxyl groups is 11. The quantitative estimate of drug-likeness (QED) is 0.0206. The standard InChI is InChI=1S/C66H117NO18/c1-3-5-7-9-11-13-15-16-17-18-19-20-21-22-23-24-25-26-27-28-29-30-31-32-34-36-38-40-42-44-54(72)67-49(50(71)43-41-39-37-35-33-14-12-10-8-6-4-2)48-80-64-60(78)57(75)62(52(46-69)82-64)85-66-61(79)58(76)63(53(47-70)83-66)84-65-59(77)56(74)55(73)51(45-68)81-65/h15-16,18-19,21-22,33,35,41,43,49-53,55-66,68-71,73-79H,3-14,17,20,23-32,34,36-40,42,44-48H2,1-2H3,(H,67,72)/b16-15-,19-18-,22-21-,35-33+,43-41+. The maximum Gasteiger partial charge on any atom is 0.220 e. The summed E-state index contributed by atoms with van der Waals surface area (Å²) in [5.41, 5.74) is 0. The van der Waals surface area contributed by atoms with Crippen LogP contribution in [0.5, 0.6) is 0 Å². The third-order valence-corrected chi connectivity index (χ3v) is 16.3. The van der Waals surface area contributed by atoms with Gasteiger partial charge in [0.2, 0.25) is 5.91 Å². The van der Waals surface area contributed by atoms with Gasteiger partial charge in [-0.15, -0.1) is 0 Å². The van der Waals surface area contributed by atoms with Crippen LogP contribution in [0, 0.1) is 0 Å². The molecule has 19 heteroatoms. The predicted octanol–water partition coefficient (Wildman–Crippen LogP) is 7.60. The zero-order chi connectivity index (χ0) is 61.9. The fraction of sp³-hybridized carbons (Fsp3) is 0.833. The minimum atomic E-state index is -1.98. The third kappa shape index (κ3) is 31.2. The summed E-state index contributed by atoms with van der Waals surface area (Å²) in [6, 6.07) is -0.990. The molecule has 0 radical (unpaired) electrons. The van der Waals surface area contributed by atoms with Gasteiger partial charge in [0.1, 0.15) is 73.2 Å². The second-order valence-electron chi connectivity index (χ2n) is 23.6. The highest BCUT2D eigenvalue weighted by Gasteiger charge is 2.53. The highest BCUT2D eigenvalue weighted by molar-refractivity contribution is 5.76. The molecule has 0 aromatic rings. The lowest BCUT2D eigenvalue weighted by Crippen LogP contribution is -2.66. The van der Waals surface area contributed by atoms with Gasteiger partial charge in [0.05, 0.1) is 38.6 Å². The summed E-state index contributed by atoms with van der Waals surface area (Å²) in [4.78, 5) is 13.3. The van der Waals surface area contributed by atoms with E-state index in [1.807, 2.05) is 6.08 Å². The summed E-state index contributed by atoms with van der Waals surface area (Å²) in [7, 11) is 0. The molecule has 3 heterocycles. The van der Waals surface area contributed by atoms with E-state index >= 15 is 0 Å². The van der Waals surface area contributed by atoms with E-state index in [-0.39, 0.29) is 18.9 Å². The molecule has 85 heavy (non-hydrogen) atoms. The van der Waals surface area contributed by atoms with Gasteiger partial charge in [-0.25, -0.2) is 0 Å². The summed E-state index contributed by atoms with van der Waals surface area (Å²) >= 11 is 0. The molecule has 19 nitrogen and oxygen atoms in total. The Labute approximate surface area is 509 Å². The van der Waals surface area contributed by atoms with E-state index in [2.05, 4.69) is 67.8 Å². The maximum atomic E-state index is 13.3. The molecule has 3 rings (SSSR count). The Hall–Kier alpha value is -2.51. The molecule has 17 unspecified atom stereocenters. The summed E-state index contributed by atoms with van der Waals surface area (Å²) in [6.45, 7) is 1.66. The van der Waals surface area contributed by atoms with Gasteiger partial charge in [0, 0.05) is 6.42 Å². The normalized spacial score (nSPS) is 29.4. The Morgan fingerprint density at radius 3 is 1.26 bits per heavy atom. The number of amides is 1. The van der Waals surface area contributed by atoms with E-state index in [1.54, 1.807) is 6.08 Å². The lowest BCUT2D eigenvalue weighted by molar-refractivity contribution is -0.379. The molecule has 1 amide bonds. The topological polar surface area (TPSA) is 307 Å². The van der Waals surface area contributed by atoms with Crippen molar-refractivity contribution in [2.75, 3.05) is 26.4 Å². The second kappa shape index (κ2) is 48.4. The van der Waals surface area contributed by atoms with Crippen LogP contribution in [-0.4, -0.2) is 193 Å². The van der Waals surface area contributed by atoms with Crippen molar-refractivity contribution >= 4 is 5.91 Å². The first kappa shape index (κ1) is 76.7. The van der Waals surface area contributed by atoms with Crippen LogP contribution in [0.1, 0.15) is 219 Å². The van der Waals surface area contributed by atoms with Gasteiger partial charge in [-0.1, -0.05) is 203 Å². The Kier molecular flexibility index (Phi) is 43.7. The number of nitrogens with one attached hydrogen (secondary N) is 1. The second-order valence-corrected chi connectivity index (χ2v) is 23.6. The molecule has 17 atom stereocenters. The fourth-order valence-corrected chi connectivity index (χ4v) is 10.9. The number of aliphatic hydroxyl groups excluding tert-OH is 11. The molecule has 0 aromatic heterocycles. The van der Waals surface area contributed by atoms with E-state index in [4.69, 9.17) is 28.4 Å². The first-order valence-electron chi connectivity index (χ1n) is 33.0. The van der Waals surface area contributed by atoms with Gasteiger partial charge >= 0.3 is 0 Å². The molecule has 12 N–H and O–H groups in total. The van der Waals surface area contributed by atoms with Crippen LogP contribution in [0.15, 0.2) is 60.8 Å². The van der Waals surface area contributed by atoms with Crippen LogP contribution >= 0.6 is 0 Å². The summed E-state index contributed by atoms with van der Waals surface area (Å²) in [5.74, 6) is -0.289. The van der Waals surface area contributed by atoms with Crippen molar-refractivity contribution in [2.45, 2.75) is 324 Å². The molecule has 3 fully saturated rings. The van der Waals surface area contributed by atoms with E-state index in [9.17, 15) is 61.0 Å². The van der Waals surface area contributed by atoms with Gasteiger partial charge in [0.15, 0.2) is 18.9 Å². The van der Waals surface area contributed by atoms with E-state index in [0.717, 1.165) is 51.4 Å². The molecular weight excluding hydrogens is 1090 g/mol. The predicted molar refractivity (Wildman–Crippen MR) is 328 cm³/mol. The van der Waals surface area contributed by atoms with Crippen LogP contribution in [-0.2, 0) is 33.2 Å². The molecule has 0 aliphatic carbocycles. The summed E-state index contributed by atoms with van der Waals surface area (Å²) in [6.07, 6.45) is 30.8. The van der Waals surface area contributed by atoms with E-state index in [1.165, 1.54) is 135 Å². The zero-order valence-electron chi connectivity index (χ0n) is 51.8. The van der Waals surface area contributed by atoms with Crippen LogP contribution in [0.4, 0.5) is 0 Å². The minimum Gasteiger partial charge on any atom is -0.394 e. The number of ether oxygens (including phenoxy) is 6. The minimum absolute atomic E-state index is 0.233. The number of allylic oxidation sites excluding steroid dienone is 9. The Balaban J connectivity index is 1.39. The number of unbranched alkanes of at least 4 members (excludes halogenated alkanes) is 25. The van der Waals surface area contributed by atoms with Crippen LogP contribution < -0.4 is 5.32 Å². The van der Waals surface area contributed by atoms with Crippen molar-refractivity contribution in [2.24, 2.45) is 0 Å². The first-order chi connectivity index (χ1) is 41.3. The largest absolute Gasteiger partial charge is 0.394 e. The average molecular weight is 1210 g/mol. The number of rotatable bonds is 49. The van der Waals surface area contributed by atoms with Gasteiger partial charge < -0.3 is 89.9 Å². The number of hydrogen-bond acceptors (Lipinski definition) is 18. The third-order valence-electron chi connectivity index (χ3n) is 16.3. The van der Waals surface area contributed by atoms with Crippen molar-refractivity contribution in [1.29, 1.82) is 0 Å². The number of hydrogen-bond donors (Lipinski definition) is 12. The highest BCUT2D eigenvalue weighted by atomic mass is 16.8. The van der Waals surface area contributed by atoms with Crippen LogP contribution in [0.2, 0.25) is 0 Å². The molecule has 3 aliphatic heterocycles. The number of carbonyl (C=O) groups is 1. The van der Waals surface area contributed by atoms with Crippen molar-refractivity contribution in [3.05, 3.63) is 60.8 Å². The molecule has 3 aliphatic rings. The van der Waals surface area contributed by atoms with Crippen molar-refractivity contribution in [3.63, 3.8) is 0 Å². The average Bonchev–Trinajstić information content (AvgIpc) is 3.05. The molecule has 3 saturated heterocycles. The van der Waals surface area contributed by atoms with Crippen molar-refractivity contribution < 1.29 is 89.4 Å². The van der Waals surface area contributed by atoms with Crippen LogP contribution in [0.25, 0.3) is 0 Å². The summed E-state index contributed by atoms with van der Waals surface area (Å²) < 4.78 is 34.2. The van der Waals surface area contributed by atoms with Crippen molar-refractivity contribution in [3.8, 4) is 0 Å². The van der Waals surface area contributed by atoms with Gasteiger partial charge in [0.25, 0.3) is 0 Å². The molecule has 494 valence electrons. The van der Waals surface area contributed by atoms with Gasteiger partial charge in [-0.05, 0) is 70.6 Å². The Bertz CT molecular complexity index is 1780. The Morgan fingerprint density at radius 1 is 0.424 bits per heavy atom. The lowest BCUT2D eigenvalue weighted by atomic mass is 9.96. The molecule has 0 spiro atoms. The van der Waals surface area contributed by atoms with Gasteiger partial charge in [-0.2, -0.15) is 0 Å². The molecule has 0 bridgehead atoms. The lowest BCUT2D eigenvalue weighted by Gasteiger charge is -2.48. The van der Waals surface area contributed by atoms with E-state index < -0.39 is 124 Å². The maximum absolute atomic E-state index is 13.3. The Morgan fingerprint density at radius 2 is 0.788 bits per heavy atom. The van der Waals surface area contributed by atoms with Gasteiger partial charge in [-0.3, -0.25) is 4.79 Å². The first-order valence-corrected chi connectivity index (χ1v) is 33.0. The van der Waals surface area contributed by atoms with Crippen LogP contribution in [0.3, 0.4) is 0 Å². The van der Waals surface area contributed by atoms with Crippen molar-refractivity contribution in [1.82, 2.24) is 5.32 Å². The smallest absolute Gasteiger partial charge is 0.220 e. The molecule has 0 aromatic carbocycles. The zero-order valence-corrected chi connectivity index (χ0v) is 51.8. The monoisotopic (exact) mass is 1210 g/mol. The van der Waals surface area contributed by atoms with E-state index in [0.29, 0.717) is 12.8 Å². The molecular formula is C66H117NO18.